The molecule has 0 spiro atoms. The number of para-hydroxylation sites is 1. The molecule has 156 valence electrons. The molecule has 30 heavy (non-hydrogen) atoms. The molecule has 2 aromatic heterocycles. The van der Waals surface area contributed by atoms with E-state index in [2.05, 4.69) is 54.0 Å². The average Bonchev–Trinajstić information content (AvgIpc) is 3.30. The highest BCUT2D eigenvalue weighted by Crippen LogP contribution is 2.33. The Morgan fingerprint density at radius 2 is 2.03 bits per heavy atom. The number of methoxy groups -OCH3 is 1. The zero-order valence-electron chi connectivity index (χ0n) is 18.0. The van der Waals surface area contributed by atoms with E-state index in [1.807, 2.05) is 35.9 Å². The van der Waals surface area contributed by atoms with Crippen LogP contribution >= 0.6 is 11.8 Å². The molecule has 0 saturated carbocycles. The first-order chi connectivity index (χ1) is 14.5. The lowest BCUT2D eigenvalue weighted by atomic mass is 10.2. The van der Waals surface area contributed by atoms with Gasteiger partial charge < -0.3 is 19.2 Å². The number of fused-ring (bicyclic) bond motifs is 1. The summed E-state index contributed by atoms with van der Waals surface area (Å²) >= 11 is 1.80. The molecule has 2 heterocycles. The minimum Gasteiger partial charge on any atom is -0.494 e. The standard InChI is InChI=1S/C23H27N5OS/c1-15(2)13-30-23-26-22-18(7-6-8-20(22)27(23)4)25-17-9-10-19(21(11-17)29-5)28-12-16(3)24-14-28/h6-12,14-15,25H,13H2,1-5H3. The summed E-state index contributed by atoms with van der Waals surface area (Å²) in [5.41, 5.74) is 5.93. The summed E-state index contributed by atoms with van der Waals surface area (Å²) < 4.78 is 9.77. The molecular formula is C23H27N5OS. The van der Waals surface area contributed by atoms with Crippen molar-refractivity contribution in [2.24, 2.45) is 13.0 Å². The Balaban J connectivity index is 1.66. The zero-order chi connectivity index (χ0) is 21.3. The maximum atomic E-state index is 5.64. The molecule has 6 nitrogen and oxygen atoms in total. The highest BCUT2D eigenvalue weighted by molar-refractivity contribution is 7.99. The Kier molecular flexibility index (Phi) is 5.72. The van der Waals surface area contributed by atoms with Gasteiger partial charge in [0.1, 0.15) is 11.3 Å². The molecule has 4 rings (SSSR count). The van der Waals surface area contributed by atoms with Gasteiger partial charge in [0.15, 0.2) is 5.16 Å². The van der Waals surface area contributed by atoms with Gasteiger partial charge in [-0.05, 0) is 37.1 Å². The number of anilines is 2. The quantitative estimate of drug-likeness (QED) is 0.396. The number of imidazole rings is 2. The summed E-state index contributed by atoms with van der Waals surface area (Å²) in [5, 5.41) is 4.56. The smallest absolute Gasteiger partial charge is 0.168 e. The van der Waals surface area contributed by atoms with Gasteiger partial charge >= 0.3 is 0 Å². The van der Waals surface area contributed by atoms with E-state index in [0.29, 0.717) is 5.92 Å². The maximum Gasteiger partial charge on any atom is 0.168 e. The van der Waals surface area contributed by atoms with Crippen molar-refractivity contribution in [1.29, 1.82) is 0 Å². The fraction of sp³-hybridized carbons (Fsp3) is 0.304. The van der Waals surface area contributed by atoms with E-state index < -0.39 is 0 Å². The van der Waals surface area contributed by atoms with Crippen molar-refractivity contribution in [1.82, 2.24) is 19.1 Å². The number of rotatable bonds is 7. The maximum absolute atomic E-state index is 5.64. The molecule has 4 aromatic rings. The topological polar surface area (TPSA) is 56.9 Å². The van der Waals surface area contributed by atoms with Crippen LogP contribution in [0.2, 0.25) is 0 Å². The minimum atomic E-state index is 0.623. The van der Waals surface area contributed by atoms with Crippen LogP contribution in [0, 0.1) is 12.8 Å². The van der Waals surface area contributed by atoms with E-state index in [-0.39, 0.29) is 0 Å². The third-order valence-electron chi connectivity index (χ3n) is 4.86. The average molecular weight is 422 g/mol. The Morgan fingerprint density at radius 3 is 2.73 bits per heavy atom. The van der Waals surface area contributed by atoms with E-state index in [4.69, 9.17) is 9.72 Å². The zero-order valence-corrected chi connectivity index (χ0v) is 18.8. The van der Waals surface area contributed by atoms with Crippen molar-refractivity contribution in [3.63, 3.8) is 0 Å². The van der Waals surface area contributed by atoms with Crippen molar-refractivity contribution < 1.29 is 4.74 Å². The SMILES string of the molecule is COc1cc(Nc2cccc3c2nc(SCC(C)C)n3C)ccc1-n1cnc(C)c1. The van der Waals surface area contributed by atoms with Gasteiger partial charge in [-0.1, -0.05) is 31.7 Å². The van der Waals surface area contributed by atoms with E-state index in [9.17, 15) is 0 Å². The van der Waals surface area contributed by atoms with Gasteiger partial charge in [0.2, 0.25) is 0 Å². The number of thioether (sulfide) groups is 1. The summed E-state index contributed by atoms with van der Waals surface area (Å²) in [6.45, 7) is 6.43. The van der Waals surface area contributed by atoms with Crippen molar-refractivity contribution >= 4 is 34.2 Å². The molecule has 0 aliphatic rings. The normalized spacial score (nSPS) is 11.4. The molecule has 0 radical (unpaired) electrons. The van der Waals surface area contributed by atoms with Crippen molar-refractivity contribution in [3.05, 3.63) is 54.6 Å². The van der Waals surface area contributed by atoms with Gasteiger partial charge in [0.25, 0.3) is 0 Å². The number of nitrogens with one attached hydrogen (secondary N) is 1. The number of hydrogen-bond donors (Lipinski definition) is 1. The lowest BCUT2D eigenvalue weighted by molar-refractivity contribution is 0.413. The molecule has 0 fully saturated rings. The predicted octanol–water partition coefficient (Wildman–Crippen LogP) is 5.57. The Morgan fingerprint density at radius 1 is 1.20 bits per heavy atom. The van der Waals surface area contributed by atoms with Gasteiger partial charge in [0.05, 0.1) is 36.0 Å². The fourth-order valence-electron chi connectivity index (χ4n) is 3.34. The fourth-order valence-corrected chi connectivity index (χ4v) is 4.27. The largest absolute Gasteiger partial charge is 0.494 e. The first kappa shape index (κ1) is 20.3. The van der Waals surface area contributed by atoms with Crippen LogP contribution < -0.4 is 10.1 Å². The number of ether oxygens (including phenoxy) is 1. The number of aromatic nitrogens is 4. The second-order valence-electron chi connectivity index (χ2n) is 7.77. The van der Waals surface area contributed by atoms with Crippen LogP contribution in [0.3, 0.4) is 0 Å². The molecular weight excluding hydrogens is 394 g/mol. The third kappa shape index (κ3) is 4.03. The minimum absolute atomic E-state index is 0.623. The molecule has 0 aliphatic heterocycles. The molecule has 1 N–H and O–H groups in total. The molecule has 0 amide bonds. The van der Waals surface area contributed by atoms with E-state index >= 15 is 0 Å². The first-order valence-corrected chi connectivity index (χ1v) is 11.0. The van der Waals surface area contributed by atoms with Crippen LogP contribution in [-0.2, 0) is 7.05 Å². The van der Waals surface area contributed by atoms with Crippen LogP contribution in [0.25, 0.3) is 16.7 Å². The first-order valence-electron chi connectivity index (χ1n) is 10.0. The molecule has 0 aliphatic carbocycles. The monoisotopic (exact) mass is 421 g/mol. The summed E-state index contributed by atoms with van der Waals surface area (Å²) in [4.78, 5) is 9.22. The molecule has 2 aromatic carbocycles. The Bertz CT molecular complexity index is 1180. The van der Waals surface area contributed by atoms with Crippen LogP contribution in [-0.4, -0.2) is 32.0 Å². The second kappa shape index (κ2) is 8.44. The van der Waals surface area contributed by atoms with E-state index in [1.54, 1.807) is 25.2 Å². The molecule has 0 bridgehead atoms. The number of nitrogens with zero attached hydrogens (tertiary/aromatic N) is 4. The number of benzene rings is 2. The summed E-state index contributed by atoms with van der Waals surface area (Å²) in [6, 6.07) is 12.3. The van der Waals surface area contributed by atoms with Gasteiger partial charge in [-0.15, -0.1) is 0 Å². The molecule has 0 saturated heterocycles. The van der Waals surface area contributed by atoms with E-state index in [1.165, 1.54) is 0 Å². The van der Waals surface area contributed by atoms with E-state index in [0.717, 1.165) is 50.4 Å². The van der Waals surface area contributed by atoms with Gasteiger partial charge in [-0.3, -0.25) is 0 Å². The Hall–Kier alpha value is -2.93. The van der Waals surface area contributed by atoms with Gasteiger partial charge in [0, 0.05) is 30.8 Å². The highest BCUT2D eigenvalue weighted by atomic mass is 32.2. The van der Waals surface area contributed by atoms with Crippen LogP contribution in [0.1, 0.15) is 19.5 Å². The highest BCUT2D eigenvalue weighted by Gasteiger charge is 2.13. The molecule has 7 heteroatoms. The Labute approximate surface area is 181 Å². The predicted molar refractivity (Wildman–Crippen MR) is 124 cm³/mol. The summed E-state index contributed by atoms with van der Waals surface area (Å²) in [7, 11) is 3.76. The summed E-state index contributed by atoms with van der Waals surface area (Å²) in [5.74, 6) is 2.45. The van der Waals surface area contributed by atoms with Crippen molar-refractivity contribution in [3.8, 4) is 11.4 Å². The molecule has 0 unspecified atom stereocenters. The number of aryl methyl sites for hydroxylation is 2. The van der Waals surface area contributed by atoms with Crippen molar-refractivity contribution in [2.75, 3.05) is 18.2 Å². The van der Waals surface area contributed by atoms with Crippen LogP contribution in [0.5, 0.6) is 5.75 Å². The van der Waals surface area contributed by atoms with Crippen molar-refractivity contribution in [2.45, 2.75) is 25.9 Å². The number of hydrogen-bond acceptors (Lipinski definition) is 5. The van der Waals surface area contributed by atoms with Crippen LogP contribution in [0.4, 0.5) is 11.4 Å². The molecule has 0 atom stereocenters. The second-order valence-corrected chi connectivity index (χ2v) is 8.75. The van der Waals surface area contributed by atoms with Crippen LogP contribution in [0.15, 0.2) is 54.1 Å². The lowest BCUT2D eigenvalue weighted by Gasteiger charge is -2.13. The van der Waals surface area contributed by atoms with Gasteiger partial charge in [-0.2, -0.15) is 0 Å². The third-order valence-corrected chi connectivity index (χ3v) is 6.32. The lowest BCUT2D eigenvalue weighted by Crippen LogP contribution is -1.98. The van der Waals surface area contributed by atoms with Gasteiger partial charge in [-0.25, -0.2) is 9.97 Å². The summed E-state index contributed by atoms with van der Waals surface area (Å²) in [6.07, 6.45) is 3.78.